The average Bonchev–Trinajstić information content (AvgIpc) is 2.35. The molecule has 0 saturated carbocycles. The zero-order chi connectivity index (χ0) is 15.1. The highest BCUT2D eigenvalue weighted by Gasteiger charge is 2.19. The highest BCUT2D eigenvalue weighted by molar-refractivity contribution is 7.99. The van der Waals surface area contributed by atoms with Gasteiger partial charge in [0.1, 0.15) is 6.54 Å². The van der Waals surface area contributed by atoms with Crippen molar-refractivity contribution in [2.45, 2.75) is 25.6 Å². The van der Waals surface area contributed by atoms with Gasteiger partial charge < -0.3 is 10.0 Å². The second kappa shape index (κ2) is 8.17. The molecule has 1 aromatic rings. The van der Waals surface area contributed by atoms with Crippen LogP contribution in [0, 0.1) is 0 Å². The van der Waals surface area contributed by atoms with Gasteiger partial charge in [-0.2, -0.15) is 0 Å². The van der Waals surface area contributed by atoms with E-state index in [0.717, 1.165) is 5.56 Å². The molecule has 1 N–H and O–H groups in total. The molecule has 0 heterocycles. The minimum Gasteiger partial charge on any atom is -0.480 e. The summed E-state index contributed by atoms with van der Waals surface area (Å²) >= 11 is 7.34. The molecular weight excluding hydrogens is 298 g/mol. The molecule has 0 atom stereocenters. The summed E-state index contributed by atoms with van der Waals surface area (Å²) in [5.41, 5.74) is 1.05. The highest BCUT2D eigenvalue weighted by atomic mass is 35.5. The van der Waals surface area contributed by atoms with Gasteiger partial charge in [0.05, 0.1) is 5.75 Å². The molecule has 1 amide bonds. The molecule has 0 saturated heterocycles. The van der Waals surface area contributed by atoms with Crippen molar-refractivity contribution < 1.29 is 14.7 Å². The molecule has 0 unspecified atom stereocenters. The van der Waals surface area contributed by atoms with Crippen LogP contribution in [-0.4, -0.2) is 40.2 Å². The van der Waals surface area contributed by atoms with E-state index >= 15 is 0 Å². The van der Waals surface area contributed by atoms with E-state index in [0.29, 0.717) is 10.8 Å². The van der Waals surface area contributed by atoms with Crippen molar-refractivity contribution in [2.24, 2.45) is 0 Å². The lowest BCUT2D eigenvalue weighted by Gasteiger charge is -2.24. The zero-order valence-electron chi connectivity index (χ0n) is 11.5. The van der Waals surface area contributed by atoms with Crippen molar-refractivity contribution in [1.29, 1.82) is 0 Å². The third kappa shape index (κ3) is 5.84. The number of halogens is 1. The lowest BCUT2D eigenvalue weighted by atomic mass is 10.2. The molecule has 0 aliphatic carbocycles. The monoisotopic (exact) mass is 315 g/mol. The SMILES string of the molecule is CC(C)N(CC(=O)O)C(=O)CSCc1cccc(Cl)c1. The molecule has 20 heavy (non-hydrogen) atoms. The van der Waals surface area contributed by atoms with Crippen LogP contribution in [0.5, 0.6) is 0 Å². The van der Waals surface area contributed by atoms with E-state index in [1.54, 1.807) is 6.07 Å². The van der Waals surface area contributed by atoms with Crippen LogP contribution in [-0.2, 0) is 15.3 Å². The molecular formula is C14H18ClNO3S. The minimum atomic E-state index is -0.994. The van der Waals surface area contributed by atoms with E-state index in [-0.39, 0.29) is 24.2 Å². The van der Waals surface area contributed by atoms with E-state index < -0.39 is 5.97 Å². The number of rotatable bonds is 7. The van der Waals surface area contributed by atoms with Crippen LogP contribution in [0.4, 0.5) is 0 Å². The lowest BCUT2D eigenvalue weighted by molar-refractivity contribution is -0.144. The molecule has 0 aliphatic rings. The van der Waals surface area contributed by atoms with Crippen LogP contribution >= 0.6 is 23.4 Å². The summed E-state index contributed by atoms with van der Waals surface area (Å²) in [7, 11) is 0. The Labute approximate surface area is 128 Å². The Kier molecular flexibility index (Phi) is 6.88. The number of hydrogen-bond donors (Lipinski definition) is 1. The van der Waals surface area contributed by atoms with Crippen LogP contribution in [0.25, 0.3) is 0 Å². The molecule has 0 aromatic heterocycles. The van der Waals surface area contributed by atoms with Crippen molar-refractivity contribution in [1.82, 2.24) is 4.90 Å². The second-order valence-electron chi connectivity index (χ2n) is 4.63. The Hall–Kier alpha value is -1.20. The van der Waals surface area contributed by atoms with Gasteiger partial charge in [-0.05, 0) is 31.5 Å². The molecule has 1 rings (SSSR count). The quantitative estimate of drug-likeness (QED) is 0.840. The number of carboxylic acids is 1. The predicted molar refractivity (Wildman–Crippen MR) is 82.1 cm³/mol. The Morgan fingerprint density at radius 2 is 2.10 bits per heavy atom. The van der Waals surface area contributed by atoms with Crippen molar-refractivity contribution in [2.75, 3.05) is 12.3 Å². The first-order valence-corrected chi connectivity index (χ1v) is 7.77. The standard InChI is InChI=1S/C14H18ClNO3S/c1-10(2)16(7-14(18)19)13(17)9-20-8-11-4-3-5-12(15)6-11/h3-6,10H,7-9H2,1-2H3,(H,18,19). The maximum atomic E-state index is 12.0. The maximum Gasteiger partial charge on any atom is 0.323 e. The van der Waals surface area contributed by atoms with E-state index in [2.05, 4.69) is 0 Å². The summed E-state index contributed by atoms with van der Waals surface area (Å²) in [5.74, 6) is -0.218. The molecule has 0 fully saturated rings. The fourth-order valence-corrected chi connectivity index (χ4v) is 2.74. The van der Waals surface area contributed by atoms with E-state index in [1.807, 2.05) is 32.0 Å². The average molecular weight is 316 g/mol. The fraction of sp³-hybridized carbons (Fsp3) is 0.429. The third-order valence-corrected chi connectivity index (χ3v) is 3.86. The van der Waals surface area contributed by atoms with E-state index in [1.165, 1.54) is 16.7 Å². The number of carboxylic acid groups (broad SMARTS) is 1. The van der Waals surface area contributed by atoms with Gasteiger partial charge in [-0.15, -0.1) is 11.8 Å². The number of carbonyl (C=O) groups is 2. The molecule has 110 valence electrons. The summed E-state index contributed by atoms with van der Waals surface area (Å²) in [6.45, 7) is 3.36. The summed E-state index contributed by atoms with van der Waals surface area (Å²) in [6, 6.07) is 7.35. The normalized spacial score (nSPS) is 10.6. The molecule has 0 spiro atoms. The smallest absolute Gasteiger partial charge is 0.323 e. The van der Waals surface area contributed by atoms with Gasteiger partial charge in [-0.3, -0.25) is 9.59 Å². The number of aliphatic carboxylic acids is 1. The maximum absolute atomic E-state index is 12.0. The van der Waals surface area contributed by atoms with Gasteiger partial charge in [0, 0.05) is 16.8 Å². The van der Waals surface area contributed by atoms with Gasteiger partial charge in [0.15, 0.2) is 0 Å². The van der Waals surface area contributed by atoms with E-state index in [4.69, 9.17) is 16.7 Å². The number of hydrogen-bond acceptors (Lipinski definition) is 3. The number of benzene rings is 1. The molecule has 0 bridgehead atoms. The summed E-state index contributed by atoms with van der Waals surface area (Å²) in [5, 5.41) is 9.47. The molecule has 1 aromatic carbocycles. The van der Waals surface area contributed by atoms with Crippen LogP contribution in [0.1, 0.15) is 19.4 Å². The first-order valence-electron chi connectivity index (χ1n) is 6.23. The Morgan fingerprint density at radius 3 is 2.65 bits per heavy atom. The number of carbonyl (C=O) groups excluding carboxylic acids is 1. The fourth-order valence-electron chi connectivity index (χ4n) is 1.67. The largest absolute Gasteiger partial charge is 0.480 e. The van der Waals surface area contributed by atoms with Gasteiger partial charge in [-0.25, -0.2) is 0 Å². The Bertz CT molecular complexity index is 479. The minimum absolute atomic E-state index is 0.120. The van der Waals surface area contributed by atoms with Crippen LogP contribution in [0.2, 0.25) is 5.02 Å². The molecule has 0 aliphatic heterocycles. The summed E-state index contributed by atoms with van der Waals surface area (Å²) in [6.07, 6.45) is 0. The number of nitrogens with zero attached hydrogens (tertiary/aromatic N) is 1. The molecule has 4 nitrogen and oxygen atoms in total. The molecule has 6 heteroatoms. The highest BCUT2D eigenvalue weighted by Crippen LogP contribution is 2.17. The second-order valence-corrected chi connectivity index (χ2v) is 6.05. The van der Waals surface area contributed by atoms with Crippen LogP contribution in [0.15, 0.2) is 24.3 Å². The zero-order valence-corrected chi connectivity index (χ0v) is 13.1. The first-order chi connectivity index (χ1) is 9.40. The predicted octanol–water partition coefficient (Wildman–Crippen LogP) is 2.89. The number of thioether (sulfide) groups is 1. The lowest BCUT2D eigenvalue weighted by Crippen LogP contribution is -2.41. The number of amides is 1. The summed E-state index contributed by atoms with van der Waals surface area (Å²) in [4.78, 5) is 24.1. The van der Waals surface area contributed by atoms with Crippen LogP contribution < -0.4 is 0 Å². The summed E-state index contributed by atoms with van der Waals surface area (Å²) < 4.78 is 0. The first kappa shape index (κ1) is 16.9. The van der Waals surface area contributed by atoms with E-state index in [9.17, 15) is 9.59 Å². The molecule has 0 radical (unpaired) electrons. The van der Waals surface area contributed by atoms with Gasteiger partial charge in [0.2, 0.25) is 5.91 Å². The van der Waals surface area contributed by atoms with Crippen molar-refractivity contribution in [3.8, 4) is 0 Å². The topological polar surface area (TPSA) is 57.6 Å². The van der Waals surface area contributed by atoms with Gasteiger partial charge in [-0.1, -0.05) is 23.7 Å². The van der Waals surface area contributed by atoms with Crippen molar-refractivity contribution >= 4 is 35.2 Å². The third-order valence-electron chi connectivity index (χ3n) is 2.63. The van der Waals surface area contributed by atoms with Gasteiger partial charge >= 0.3 is 5.97 Å². The van der Waals surface area contributed by atoms with Crippen molar-refractivity contribution in [3.63, 3.8) is 0 Å². The van der Waals surface area contributed by atoms with Crippen LogP contribution in [0.3, 0.4) is 0 Å². The van der Waals surface area contributed by atoms with Gasteiger partial charge in [0.25, 0.3) is 0 Å². The van der Waals surface area contributed by atoms with Crippen molar-refractivity contribution in [3.05, 3.63) is 34.9 Å². The Balaban J connectivity index is 2.47. The Morgan fingerprint density at radius 1 is 1.40 bits per heavy atom.